The van der Waals surface area contributed by atoms with Crippen molar-refractivity contribution in [3.05, 3.63) is 0 Å². The maximum absolute atomic E-state index is 6.97. The molecule has 0 aromatic carbocycles. The zero-order chi connectivity index (χ0) is 26.7. The molecule has 2 fully saturated rings. The van der Waals surface area contributed by atoms with E-state index in [9.17, 15) is 0 Å². The lowest BCUT2D eigenvalue weighted by Crippen LogP contribution is -2.55. The molecule has 2 saturated heterocycles. The second-order valence-corrected chi connectivity index (χ2v) is 37.5. The van der Waals surface area contributed by atoms with E-state index >= 15 is 0 Å². The Labute approximate surface area is 228 Å². The first-order valence-corrected chi connectivity index (χ1v) is 34.3. The van der Waals surface area contributed by atoms with Gasteiger partial charge >= 0.3 is 72.8 Å². The fourth-order valence-electron chi connectivity index (χ4n) is 4.30. The summed E-state index contributed by atoms with van der Waals surface area (Å²) in [7, 11) is -16.6. The Morgan fingerprint density at radius 1 is 0.514 bits per heavy atom. The Hall–Kier alpha value is 1.81. The largest absolute Gasteiger partial charge is 0.456 e. The normalized spacial score (nSPS) is 25.7. The van der Waals surface area contributed by atoms with Gasteiger partial charge in [0.05, 0.1) is 0 Å². The molecule has 2 heterocycles. The molecular formula is C16H44O9Si10. The summed E-state index contributed by atoms with van der Waals surface area (Å²) >= 11 is 0. The minimum absolute atomic E-state index is 0.914. The van der Waals surface area contributed by atoms with Gasteiger partial charge in [-0.05, 0) is 103 Å². The Morgan fingerprint density at radius 2 is 0.771 bits per heavy atom. The van der Waals surface area contributed by atoms with Crippen molar-refractivity contribution in [1.29, 1.82) is 0 Å². The highest BCUT2D eigenvalue weighted by Gasteiger charge is 2.45. The first-order chi connectivity index (χ1) is 15.9. The molecule has 0 spiro atoms. The average molecular weight is 661 g/mol. The van der Waals surface area contributed by atoms with Gasteiger partial charge < -0.3 is 37.0 Å². The minimum Gasteiger partial charge on any atom is -0.456 e. The van der Waals surface area contributed by atoms with Crippen LogP contribution in [0, 0.1) is 0 Å². The van der Waals surface area contributed by atoms with Crippen LogP contribution in [0.15, 0.2) is 0 Å². The van der Waals surface area contributed by atoms with Gasteiger partial charge in [-0.15, -0.1) is 0 Å². The molecule has 2 rings (SSSR count). The summed E-state index contributed by atoms with van der Waals surface area (Å²) in [6.45, 7) is 25.9. The van der Waals surface area contributed by atoms with E-state index in [1.54, 1.807) is 0 Å². The smallest absolute Gasteiger partial charge is 0.362 e. The van der Waals surface area contributed by atoms with Gasteiger partial charge in [-0.25, -0.2) is 0 Å². The highest BCUT2D eigenvalue weighted by atomic mass is 28.5. The standard InChI is InChI=1S/C16H44O9Si10/c1-26-17-28(3)21-34(11,22-29(4)18-26)15-13-32(7,8)25-33(9,10)14-16-35(12)23-30(5)19-27(2)20-31(6)24-35/h13-16H2,1-12H3. The molecule has 35 heavy (non-hydrogen) atoms. The van der Waals surface area contributed by atoms with Gasteiger partial charge in [0, 0.05) is 0 Å². The summed E-state index contributed by atoms with van der Waals surface area (Å²) in [5.41, 5.74) is 0. The van der Waals surface area contributed by atoms with Crippen molar-refractivity contribution in [2.24, 2.45) is 0 Å². The molecule has 9 nitrogen and oxygen atoms in total. The molecule has 0 atom stereocenters. The van der Waals surface area contributed by atoms with Crippen molar-refractivity contribution in [3.8, 4) is 0 Å². The van der Waals surface area contributed by atoms with E-state index in [1.165, 1.54) is 0 Å². The lowest BCUT2D eigenvalue weighted by Gasteiger charge is -2.40. The molecule has 0 N–H and O–H groups in total. The predicted octanol–water partition coefficient (Wildman–Crippen LogP) is 4.43. The lowest BCUT2D eigenvalue weighted by molar-refractivity contribution is 0.273. The molecule has 0 saturated carbocycles. The van der Waals surface area contributed by atoms with E-state index in [4.69, 9.17) is 37.0 Å². The number of rotatable bonds is 8. The van der Waals surface area contributed by atoms with Crippen LogP contribution >= 0.6 is 0 Å². The van der Waals surface area contributed by atoms with Crippen LogP contribution in [0.1, 0.15) is 0 Å². The van der Waals surface area contributed by atoms with Crippen LogP contribution in [0.25, 0.3) is 0 Å². The monoisotopic (exact) mass is 660 g/mol. The summed E-state index contributed by atoms with van der Waals surface area (Å²) in [6.07, 6.45) is 0. The SMILES string of the molecule is C[Si]1O[Si](C)O[Si](C)(CC[Si](C)(C)O[Si](C)(C)CC[Si]2(C)O[Si](C)O[Si](C)O[Si](C)O2)O[Si](C)O1. The van der Waals surface area contributed by atoms with E-state index in [2.05, 4.69) is 39.3 Å². The average Bonchev–Trinajstić information content (AvgIpc) is 2.61. The highest BCUT2D eigenvalue weighted by Crippen LogP contribution is 2.31. The van der Waals surface area contributed by atoms with Gasteiger partial charge in [0.15, 0.2) is 16.6 Å². The summed E-state index contributed by atoms with van der Waals surface area (Å²) in [6, 6.07) is 3.85. The minimum atomic E-state index is -2.37. The van der Waals surface area contributed by atoms with Gasteiger partial charge in [-0.3, -0.25) is 0 Å². The molecular weight excluding hydrogens is 617 g/mol. The molecule has 0 amide bonds. The molecule has 0 bridgehead atoms. The van der Waals surface area contributed by atoms with Gasteiger partial charge in [0.25, 0.3) is 0 Å². The van der Waals surface area contributed by atoms with E-state index in [0.29, 0.717) is 0 Å². The number of hydrogen-bond acceptors (Lipinski definition) is 9. The Bertz CT molecular complexity index is 596. The van der Waals surface area contributed by atoms with Gasteiger partial charge in [0.2, 0.25) is 0 Å². The second-order valence-electron chi connectivity index (χ2n) is 10.7. The summed E-state index contributed by atoms with van der Waals surface area (Å²) in [4.78, 5) is 0. The maximum Gasteiger partial charge on any atom is 0.362 e. The molecule has 0 aliphatic carbocycles. The summed E-state index contributed by atoms with van der Waals surface area (Å²) < 4.78 is 56.7. The van der Waals surface area contributed by atoms with Crippen molar-refractivity contribution >= 4 is 89.5 Å². The van der Waals surface area contributed by atoms with E-state index < -0.39 is 89.5 Å². The van der Waals surface area contributed by atoms with E-state index in [1.807, 2.05) is 39.3 Å². The fraction of sp³-hybridized carbons (Fsp3) is 1.00. The van der Waals surface area contributed by atoms with Gasteiger partial charge in [-0.2, -0.15) is 0 Å². The van der Waals surface area contributed by atoms with Gasteiger partial charge in [-0.1, -0.05) is 0 Å². The fourth-order valence-corrected chi connectivity index (χ4v) is 41.7. The maximum atomic E-state index is 6.97. The first kappa shape index (κ1) is 33.0. The van der Waals surface area contributed by atoms with Crippen molar-refractivity contribution < 1.29 is 37.0 Å². The van der Waals surface area contributed by atoms with Crippen molar-refractivity contribution in [2.75, 3.05) is 0 Å². The van der Waals surface area contributed by atoms with Crippen LogP contribution in [-0.4, -0.2) is 89.5 Å². The topological polar surface area (TPSA) is 83.1 Å². The summed E-state index contributed by atoms with van der Waals surface area (Å²) in [5.74, 6) is 0. The van der Waals surface area contributed by atoms with Crippen molar-refractivity contribution in [3.63, 3.8) is 0 Å². The Kier molecular flexibility index (Phi) is 12.7. The molecule has 202 valence electrons. The predicted molar refractivity (Wildman–Crippen MR) is 157 cm³/mol. The van der Waals surface area contributed by atoms with Crippen molar-refractivity contribution in [2.45, 2.75) is 103 Å². The van der Waals surface area contributed by atoms with Crippen molar-refractivity contribution in [1.82, 2.24) is 0 Å². The zero-order valence-corrected chi connectivity index (χ0v) is 33.5. The lowest BCUT2D eigenvalue weighted by atomic mass is 10.9. The third-order valence-corrected chi connectivity index (χ3v) is 36.9. The molecule has 0 aromatic heterocycles. The first-order valence-electron chi connectivity index (χ1n) is 12.1. The van der Waals surface area contributed by atoms with E-state index in [-0.39, 0.29) is 0 Å². The van der Waals surface area contributed by atoms with Crippen LogP contribution in [0.2, 0.25) is 103 Å². The highest BCUT2D eigenvalue weighted by molar-refractivity contribution is 6.88. The molecule has 2 aliphatic heterocycles. The molecule has 2 aliphatic rings. The third-order valence-electron chi connectivity index (χ3n) is 5.50. The Morgan fingerprint density at radius 3 is 1.03 bits per heavy atom. The second kappa shape index (κ2) is 13.4. The van der Waals surface area contributed by atoms with Crippen LogP contribution < -0.4 is 0 Å². The van der Waals surface area contributed by atoms with E-state index in [0.717, 1.165) is 24.2 Å². The molecule has 0 aromatic rings. The van der Waals surface area contributed by atoms with Crippen LogP contribution in [-0.2, 0) is 37.0 Å². The van der Waals surface area contributed by atoms with Crippen LogP contribution in [0.4, 0.5) is 0 Å². The third kappa shape index (κ3) is 12.2. The molecule has 0 unspecified atom stereocenters. The zero-order valence-electron chi connectivity index (χ0n) is 23.5. The van der Waals surface area contributed by atoms with Crippen LogP contribution in [0.3, 0.4) is 0 Å². The summed E-state index contributed by atoms with van der Waals surface area (Å²) in [5, 5.41) is 0. The number of hydrogen-bond donors (Lipinski definition) is 0. The molecule has 6 radical (unpaired) electrons. The molecule has 19 heteroatoms. The van der Waals surface area contributed by atoms with Crippen LogP contribution in [0.5, 0.6) is 0 Å². The Balaban J connectivity index is 1.95. The van der Waals surface area contributed by atoms with Gasteiger partial charge in [0.1, 0.15) is 0 Å². The quantitative estimate of drug-likeness (QED) is 0.351.